The highest BCUT2D eigenvalue weighted by molar-refractivity contribution is 5.98. The lowest BCUT2D eigenvalue weighted by Gasteiger charge is -2.22. The first-order valence-corrected chi connectivity index (χ1v) is 8.46. The molecule has 0 aromatic heterocycles. The maximum atomic E-state index is 13.7. The summed E-state index contributed by atoms with van der Waals surface area (Å²) in [5.74, 6) is -3.51. The standard InChI is InChI=1S/C20H22F2N2O2/c1-13(2)18(20(26)23-12-11-14-7-4-3-5-8-14)24-19(25)17-15(21)9-6-10-16(17)22/h3-10,13,18H,11-12H2,1-2H3,(H,23,26)(H,24,25). The SMILES string of the molecule is CC(C)C(NC(=O)c1c(F)cccc1F)C(=O)NCCc1ccccc1. The third-order valence-corrected chi connectivity index (χ3v) is 3.98. The first kappa shape index (κ1) is 19.6. The summed E-state index contributed by atoms with van der Waals surface area (Å²) in [6.45, 7) is 3.90. The lowest BCUT2D eigenvalue weighted by atomic mass is 10.0. The Hall–Kier alpha value is -2.76. The molecule has 0 radical (unpaired) electrons. The van der Waals surface area contributed by atoms with Gasteiger partial charge in [-0.2, -0.15) is 0 Å². The van der Waals surface area contributed by atoms with Crippen LogP contribution in [-0.2, 0) is 11.2 Å². The average molecular weight is 360 g/mol. The van der Waals surface area contributed by atoms with Crippen molar-refractivity contribution in [3.8, 4) is 0 Å². The van der Waals surface area contributed by atoms with E-state index in [4.69, 9.17) is 0 Å². The molecule has 0 saturated heterocycles. The number of nitrogens with one attached hydrogen (secondary N) is 2. The summed E-state index contributed by atoms with van der Waals surface area (Å²) in [6, 6.07) is 11.9. The molecule has 26 heavy (non-hydrogen) atoms. The third-order valence-electron chi connectivity index (χ3n) is 3.98. The summed E-state index contributed by atoms with van der Waals surface area (Å²) in [4.78, 5) is 24.6. The second-order valence-corrected chi connectivity index (χ2v) is 6.32. The van der Waals surface area contributed by atoms with Gasteiger partial charge in [-0.05, 0) is 30.0 Å². The molecule has 1 atom stereocenters. The van der Waals surface area contributed by atoms with Crippen LogP contribution in [0, 0.1) is 17.6 Å². The van der Waals surface area contributed by atoms with Crippen LogP contribution < -0.4 is 10.6 Å². The molecule has 6 heteroatoms. The van der Waals surface area contributed by atoms with Gasteiger partial charge in [0.15, 0.2) is 0 Å². The van der Waals surface area contributed by atoms with E-state index in [-0.39, 0.29) is 11.8 Å². The molecule has 0 aliphatic heterocycles. The molecular formula is C20H22F2N2O2. The van der Waals surface area contributed by atoms with Crippen molar-refractivity contribution in [3.63, 3.8) is 0 Å². The van der Waals surface area contributed by atoms with Crippen molar-refractivity contribution in [1.82, 2.24) is 10.6 Å². The van der Waals surface area contributed by atoms with E-state index in [1.165, 1.54) is 6.07 Å². The second-order valence-electron chi connectivity index (χ2n) is 6.32. The molecule has 2 aromatic rings. The van der Waals surface area contributed by atoms with E-state index in [2.05, 4.69) is 10.6 Å². The molecule has 0 aliphatic rings. The number of rotatable bonds is 7. The Morgan fingerprint density at radius 1 is 0.962 bits per heavy atom. The molecule has 2 N–H and O–H groups in total. The van der Waals surface area contributed by atoms with Crippen LogP contribution in [0.3, 0.4) is 0 Å². The summed E-state index contributed by atoms with van der Waals surface area (Å²) < 4.78 is 27.5. The fraction of sp³-hybridized carbons (Fsp3) is 0.300. The Labute approximate surface area is 151 Å². The maximum absolute atomic E-state index is 13.7. The Morgan fingerprint density at radius 2 is 1.58 bits per heavy atom. The summed E-state index contributed by atoms with van der Waals surface area (Å²) in [5.41, 5.74) is 0.390. The topological polar surface area (TPSA) is 58.2 Å². The summed E-state index contributed by atoms with van der Waals surface area (Å²) in [6.07, 6.45) is 0.646. The monoisotopic (exact) mass is 360 g/mol. The first-order chi connectivity index (χ1) is 12.4. The quantitative estimate of drug-likeness (QED) is 0.797. The molecular weight excluding hydrogens is 338 g/mol. The number of carbonyl (C=O) groups is 2. The first-order valence-electron chi connectivity index (χ1n) is 8.46. The van der Waals surface area contributed by atoms with Gasteiger partial charge in [0.1, 0.15) is 23.2 Å². The van der Waals surface area contributed by atoms with Gasteiger partial charge in [0.05, 0.1) is 0 Å². The van der Waals surface area contributed by atoms with Crippen LogP contribution in [0.2, 0.25) is 0 Å². The lowest BCUT2D eigenvalue weighted by Crippen LogP contribution is -2.50. The minimum Gasteiger partial charge on any atom is -0.354 e. The van der Waals surface area contributed by atoms with Gasteiger partial charge in [-0.25, -0.2) is 8.78 Å². The predicted octanol–water partition coefficient (Wildman–Crippen LogP) is 3.08. The number of hydrogen-bond acceptors (Lipinski definition) is 2. The zero-order valence-electron chi connectivity index (χ0n) is 14.8. The average Bonchev–Trinajstić information content (AvgIpc) is 2.60. The minimum atomic E-state index is -0.963. The lowest BCUT2D eigenvalue weighted by molar-refractivity contribution is -0.123. The number of benzene rings is 2. The maximum Gasteiger partial charge on any atom is 0.257 e. The van der Waals surface area contributed by atoms with Crippen LogP contribution in [0.1, 0.15) is 29.8 Å². The van der Waals surface area contributed by atoms with E-state index in [0.717, 1.165) is 17.7 Å². The van der Waals surface area contributed by atoms with Crippen LogP contribution in [0.15, 0.2) is 48.5 Å². The molecule has 2 amide bonds. The van der Waals surface area contributed by atoms with Crippen LogP contribution in [0.4, 0.5) is 8.78 Å². The zero-order valence-corrected chi connectivity index (χ0v) is 14.8. The number of halogens is 2. The molecule has 1 unspecified atom stereocenters. The number of carbonyl (C=O) groups excluding carboxylic acids is 2. The largest absolute Gasteiger partial charge is 0.354 e. The molecule has 138 valence electrons. The highest BCUT2D eigenvalue weighted by Crippen LogP contribution is 2.13. The Morgan fingerprint density at radius 3 is 2.15 bits per heavy atom. The molecule has 4 nitrogen and oxygen atoms in total. The van der Waals surface area contributed by atoms with Gasteiger partial charge >= 0.3 is 0 Å². The van der Waals surface area contributed by atoms with Crippen LogP contribution in [-0.4, -0.2) is 24.4 Å². The molecule has 0 bridgehead atoms. The number of amides is 2. The van der Waals surface area contributed by atoms with Crippen molar-refractivity contribution in [2.75, 3.05) is 6.54 Å². The fourth-order valence-corrected chi connectivity index (χ4v) is 2.55. The highest BCUT2D eigenvalue weighted by Gasteiger charge is 2.26. The van der Waals surface area contributed by atoms with Gasteiger partial charge in [0.2, 0.25) is 5.91 Å². The summed E-state index contributed by atoms with van der Waals surface area (Å²) >= 11 is 0. The van der Waals surface area contributed by atoms with E-state index in [1.807, 2.05) is 30.3 Å². The van der Waals surface area contributed by atoms with Crippen molar-refractivity contribution < 1.29 is 18.4 Å². The molecule has 0 fully saturated rings. The van der Waals surface area contributed by atoms with Gasteiger partial charge in [0, 0.05) is 6.54 Å². The molecule has 0 saturated carbocycles. The van der Waals surface area contributed by atoms with Crippen molar-refractivity contribution in [2.45, 2.75) is 26.3 Å². The van der Waals surface area contributed by atoms with E-state index in [0.29, 0.717) is 13.0 Å². The van der Waals surface area contributed by atoms with Crippen molar-refractivity contribution in [1.29, 1.82) is 0 Å². The fourth-order valence-electron chi connectivity index (χ4n) is 2.55. The van der Waals surface area contributed by atoms with E-state index < -0.39 is 29.1 Å². The van der Waals surface area contributed by atoms with Crippen LogP contribution >= 0.6 is 0 Å². The van der Waals surface area contributed by atoms with Gasteiger partial charge < -0.3 is 10.6 Å². The minimum absolute atomic E-state index is 0.245. The van der Waals surface area contributed by atoms with Crippen LogP contribution in [0.5, 0.6) is 0 Å². The Kier molecular flexibility index (Phi) is 6.83. The highest BCUT2D eigenvalue weighted by atomic mass is 19.1. The van der Waals surface area contributed by atoms with Crippen LogP contribution in [0.25, 0.3) is 0 Å². The van der Waals surface area contributed by atoms with Crippen molar-refractivity contribution in [2.24, 2.45) is 5.92 Å². The molecule has 2 aromatic carbocycles. The normalized spacial score (nSPS) is 11.9. The summed E-state index contributed by atoms with van der Waals surface area (Å²) in [7, 11) is 0. The Bertz CT molecular complexity index is 743. The third kappa shape index (κ3) is 5.12. The molecule has 2 rings (SSSR count). The number of hydrogen-bond donors (Lipinski definition) is 2. The molecule has 0 spiro atoms. The van der Waals surface area contributed by atoms with Crippen molar-refractivity contribution >= 4 is 11.8 Å². The van der Waals surface area contributed by atoms with E-state index >= 15 is 0 Å². The van der Waals surface area contributed by atoms with Gasteiger partial charge in [-0.3, -0.25) is 9.59 Å². The van der Waals surface area contributed by atoms with Gasteiger partial charge in [0.25, 0.3) is 5.91 Å². The van der Waals surface area contributed by atoms with E-state index in [1.54, 1.807) is 13.8 Å². The zero-order chi connectivity index (χ0) is 19.1. The Balaban J connectivity index is 1.99. The molecule has 0 heterocycles. The van der Waals surface area contributed by atoms with Crippen molar-refractivity contribution in [3.05, 3.63) is 71.3 Å². The van der Waals surface area contributed by atoms with E-state index in [9.17, 15) is 18.4 Å². The predicted molar refractivity (Wildman–Crippen MR) is 95.6 cm³/mol. The molecule has 0 aliphatic carbocycles. The van der Waals surface area contributed by atoms with Gasteiger partial charge in [-0.15, -0.1) is 0 Å². The van der Waals surface area contributed by atoms with Gasteiger partial charge in [-0.1, -0.05) is 50.2 Å². The summed E-state index contributed by atoms with van der Waals surface area (Å²) in [5, 5.41) is 5.19. The smallest absolute Gasteiger partial charge is 0.257 e. The second kappa shape index (κ2) is 9.08.